The number of benzene rings is 2. The summed E-state index contributed by atoms with van der Waals surface area (Å²) in [5, 5.41) is 6.62. The molecule has 1 aliphatic carbocycles. The molecule has 0 heterocycles. The number of nitrogens with one attached hydrogen (secondary N) is 2. The second kappa shape index (κ2) is 5.24. The van der Waals surface area contributed by atoms with Gasteiger partial charge in [0.2, 0.25) is 0 Å². The lowest BCUT2D eigenvalue weighted by atomic mass is 10.0. The Balaban J connectivity index is 1.76. The lowest BCUT2D eigenvalue weighted by molar-refractivity contribution is 0.611. The molecule has 0 saturated heterocycles. The van der Waals surface area contributed by atoms with E-state index in [0.717, 1.165) is 35.4 Å². The van der Waals surface area contributed by atoms with Gasteiger partial charge in [0.05, 0.1) is 5.54 Å². The van der Waals surface area contributed by atoms with E-state index in [4.69, 9.17) is 0 Å². The molecule has 1 saturated carbocycles. The van der Waals surface area contributed by atoms with Gasteiger partial charge in [0.15, 0.2) is 0 Å². The van der Waals surface area contributed by atoms with Crippen LogP contribution in [0.3, 0.4) is 0 Å². The molecule has 0 aromatic heterocycles. The van der Waals surface area contributed by atoms with Crippen LogP contribution in [0.1, 0.15) is 24.0 Å². The molecule has 2 N–H and O–H groups in total. The molecule has 108 valence electrons. The van der Waals surface area contributed by atoms with E-state index in [2.05, 4.69) is 17.2 Å². The summed E-state index contributed by atoms with van der Waals surface area (Å²) >= 11 is 0. The quantitative estimate of drug-likeness (QED) is 0.862. The number of rotatable bonds is 5. The first-order chi connectivity index (χ1) is 10.1. The molecule has 0 bridgehead atoms. The van der Waals surface area contributed by atoms with Gasteiger partial charge < -0.3 is 10.6 Å². The predicted molar refractivity (Wildman–Crippen MR) is 85.5 cm³/mol. The van der Waals surface area contributed by atoms with E-state index in [-0.39, 0.29) is 11.4 Å². The highest BCUT2D eigenvalue weighted by molar-refractivity contribution is 5.65. The summed E-state index contributed by atoms with van der Waals surface area (Å²) in [4.78, 5) is 0. The van der Waals surface area contributed by atoms with Gasteiger partial charge in [-0.1, -0.05) is 30.8 Å². The van der Waals surface area contributed by atoms with Gasteiger partial charge in [0.25, 0.3) is 0 Å². The van der Waals surface area contributed by atoms with Crippen LogP contribution in [0.4, 0.5) is 10.1 Å². The van der Waals surface area contributed by atoms with Crippen molar-refractivity contribution in [2.75, 3.05) is 12.4 Å². The number of hydrogen-bond donors (Lipinski definition) is 2. The lowest BCUT2D eigenvalue weighted by Gasteiger charge is -2.21. The van der Waals surface area contributed by atoms with Gasteiger partial charge in [-0.3, -0.25) is 0 Å². The van der Waals surface area contributed by atoms with Crippen LogP contribution < -0.4 is 10.6 Å². The first kappa shape index (κ1) is 13.7. The van der Waals surface area contributed by atoms with E-state index in [0.29, 0.717) is 0 Å². The SMILES string of the molecule is C=C(NC1(c2ccc(F)cc2)CC1)c1ccc(NC)cc1. The zero-order chi connectivity index (χ0) is 14.9. The monoisotopic (exact) mass is 282 g/mol. The maximum atomic E-state index is 13.1. The highest BCUT2D eigenvalue weighted by atomic mass is 19.1. The summed E-state index contributed by atoms with van der Waals surface area (Å²) in [5.41, 5.74) is 4.09. The molecule has 3 rings (SSSR count). The first-order valence-electron chi connectivity index (χ1n) is 7.14. The minimum atomic E-state index is -0.198. The van der Waals surface area contributed by atoms with Crippen LogP contribution in [0.5, 0.6) is 0 Å². The third-order valence-corrected chi connectivity index (χ3v) is 4.06. The Labute approximate surface area is 124 Å². The van der Waals surface area contributed by atoms with Crippen LogP contribution >= 0.6 is 0 Å². The van der Waals surface area contributed by atoms with Crippen molar-refractivity contribution in [3.8, 4) is 0 Å². The molecule has 1 aliphatic rings. The zero-order valence-corrected chi connectivity index (χ0v) is 12.1. The average molecular weight is 282 g/mol. The standard InChI is InChI=1S/C18H19FN2/c1-13(14-3-9-17(20-2)10-4-14)21-18(11-12-18)15-5-7-16(19)8-6-15/h3-10,20-21H,1,11-12H2,2H3. The van der Waals surface area contributed by atoms with Crippen LogP contribution in [0.2, 0.25) is 0 Å². The molecule has 2 aromatic rings. The van der Waals surface area contributed by atoms with Crippen molar-refractivity contribution in [3.63, 3.8) is 0 Å². The van der Waals surface area contributed by atoms with Crippen molar-refractivity contribution in [3.05, 3.63) is 72.1 Å². The molecule has 0 amide bonds. The largest absolute Gasteiger partial charge is 0.388 e. The van der Waals surface area contributed by atoms with E-state index in [1.54, 1.807) is 0 Å². The maximum absolute atomic E-state index is 13.1. The Morgan fingerprint density at radius 1 is 1.05 bits per heavy atom. The topological polar surface area (TPSA) is 24.1 Å². The minimum absolute atomic E-state index is 0.0769. The molecular formula is C18H19FN2. The minimum Gasteiger partial charge on any atom is -0.388 e. The van der Waals surface area contributed by atoms with Gasteiger partial charge in [-0.2, -0.15) is 0 Å². The van der Waals surface area contributed by atoms with Gasteiger partial charge >= 0.3 is 0 Å². The average Bonchev–Trinajstić information content (AvgIpc) is 3.28. The van der Waals surface area contributed by atoms with E-state index < -0.39 is 0 Å². The fourth-order valence-corrected chi connectivity index (χ4v) is 2.58. The van der Waals surface area contributed by atoms with E-state index in [1.807, 2.05) is 43.4 Å². The molecule has 0 aliphatic heterocycles. The zero-order valence-electron chi connectivity index (χ0n) is 12.1. The fraction of sp³-hybridized carbons (Fsp3) is 0.222. The van der Waals surface area contributed by atoms with E-state index >= 15 is 0 Å². The molecule has 0 atom stereocenters. The summed E-state index contributed by atoms with van der Waals surface area (Å²) in [6, 6.07) is 14.9. The first-order valence-corrected chi connectivity index (χ1v) is 7.14. The Morgan fingerprint density at radius 3 is 2.19 bits per heavy atom. The van der Waals surface area contributed by atoms with Crippen molar-refractivity contribution in [1.29, 1.82) is 0 Å². The van der Waals surface area contributed by atoms with Crippen molar-refractivity contribution >= 4 is 11.4 Å². The van der Waals surface area contributed by atoms with Crippen LogP contribution in [0.25, 0.3) is 5.70 Å². The fourth-order valence-electron chi connectivity index (χ4n) is 2.58. The lowest BCUT2D eigenvalue weighted by Crippen LogP contribution is -2.27. The van der Waals surface area contributed by atoms with Crippen LogP contribution in [-0.4, -0.2) is 7.05 Å². The molecule has 0 unspecified atom stereocenters. The molecular weight excluding hydrogens is 263 g/mol. The summed E-state index contributed by atoms with van der Waals surface area (Å²) in [7, 11) is 1.90. The van der Waals surface area contributed by atoms with Crippen molar-refractivity contribution in [1.82, 2.24) is 5.32 Å². The molecule has 0 spiro atoms. The second-order valence-electron chi connectivity index (χ2n) is 5.52. The number of anilines is 1. The van der Waals surface area contributed by atoms with Gasteiger partial charge in [0, 0.05) is 18.4 Å². The van der Waals surface area contributed by atoms with Crippen LogP contribution in [0, 0.1) is 5.82 Å². The van der Waals surface area contributed by atoms with Gasteiger partial charge in [-0.25, -0.2) is 4.39 Å². The number of hydrogen-bond acceptors (Lipinski definition) is 2. The van der Waals surface area contributed by atoms with E-state index in [9.17, 15) is 4.39 Å². The molecule has 21 heavy (non-hydrogen) atoms. The van der Waals surface area contributed by atoms with E-state index in [1.165, 1.54) is 12.1 Å². The molecule has 1 fully saturated rings. The smallest absolute Gasteiger partial charge is 0.123 e. The van der Waals surface area contributed by atoms with Gasteiger partial charge in [-0.15, -0.1) is 0 Å². The predicted octanol–water partition coefficient (Wildman–Crippen LogP) is 4.12. The van der Waals surface area contributed by atoms with Crippen molar-refractivity contribution < 1.29 is 4.39 Å². The Bertz CT molecular complexity index is 640. The molecule has 2 aromatic carbocycles. The summed E-state index contributed by atoms with van der Waals surface area (Å²) in [6.07, 6.45) is 2.10. The summed E-state index contributed by atoms with van der Waals surface area (Å²) < 4.78 is 13.1. The molecule has 0 radical (unpaired) electrons. The summed E-state index contributed by atoms with van der Waals surface area (Å²) in [5.74, 6) is -0.198. The van der Waals surface area contributed by atoms with Crippen molar-refractivity contribution in [2.45, 2.75) is 18.4 Å². The van der Waals surface area contributed by atoms with Gasteiger partial charge in [0.1, 0.15) is 5.82 Å². The van der Waals surface area contributed by atoms with Crippen LogP contribution in [0.15, 0.2) is 55.1 Å². The van der Waals surface area contributed by atoms with Gasteiger partial charge in [-0.05, 0) is 48.2 Å². The second-order valence-corrected chi connectivity index (χ2v) is 5.52. The Hall–Kier alpha value is -2.29. The third-order valence-electron chi connectivity index (χ3n) is 4.06. The van der Waals surface area contributed by atoms with Crippen molar-refractivity contribution in [2.24, 2.45) is 0 Å². The highest BCUT2D eigenvalue weighted by Gasteiger charge is 2.44. The maximum Gasteiger partial charge on any atom is 0.123 e. The summed E-state index contributed by atoms with van der Waals surface area (Å²) in [6.45, 7) is 4.14. The Kier molecular flexibility index (Phi) is 3.42. The molecule has 3 heteroatoms. The normalized spacial score (nSPS) is 15.3. The number of halogens is 1. The Morgan fingerprint density at radius 2 is 1.67 bits per heavy atom. The van der Waals surface area contributed by atoms with Crippen LogP contribution in [-0.2, 0) is 5.54 Å². The highest BCUT2D eigenvalue weighted by Crippen LogP contribution is 2.46. The third kappa shape index (κ3) is 2.77. The molecule has 2 nitrogen and oxygen atoms in total.